The number of halogens is 5. The number of ether oxygens (including phenoxy) is 2. The average molecular weight is 1340 g/mol. The SMILES string of the molecule is Cc1ccc2c(c1)oc1c(C(=O)NN3CCCCC3)nn(CCCCCCl)c12.O=C(NN1CCCCC1)c1nn(CCCCCCl)c2c1CCOc1cc(Cl)ccc1-2.O=C(NN1CCCCC1)c1nn(CCCCCCl)c2c1COc1cc(Br)ccc1-2. The molecule has 0 atom stereocenters. The molecule has 0 spiro atoms. The number of aryl methyl sites for hydroxylation is 4. The normalized spacial score (nSPS) is 16.0. The number of hydrogen-bond acceptors (Lipinski definition) is 12. The van der Waals surface area contributed by atoms with Gasteiger partial charge in [-0.2, -0.15) is 15.3 Å². The van der Waals surface area contributed by atoms with E-state index in [4.69, 9.17) is 70.5 Å². The number of aromatic nitrogens is 6. The van der Waals surface area contributed by atoms with Crippen molar-refractivity contribution in [1.29, 1.82) is 0 Å². The highest BCUT2D eigenvalue weighted by atomic mass is 79.9. The summed E-state index contributed by atoms with van der Waals surface area (Å²) in [6, 6.07) is 17.8. The molecule has 3 aromatic carbocycles. The van der Waals surface area contributed by atoms with Crippen LogP contribution in [-0.4, -0.2) is 126 Å². The molecule has 4 aromatic heterocycles. The first-order valence-corrected chi connectivity index (χ1v) is 34.1. The molecule has 0 radical (unpaired) electrons. The molecule has 0 aliphatic carbocycles. The molecule has 23 heteroatoms. The summed E-state index contributed by atoms with van der Waals surface area (Å²) >= 11 is 27.1. The quantitative estimate of drug-likeness (QED) is 0.0458. The van der Waals surface area contributed by atoms with Crippen molar-refractivity contribution in [2.24, 2.45) is 0 Å². The number of carbonyl (C=O) groups is 3. The van der Waals surface area contributed by atoms with Crippen LogP contribution < -0.4 is 25.8 Å². The Balaban J connectivity index is 0.000000145. The van der Waals surface area contributed by atoms with E-state index < -0.39 is 0 Å². The zero-order chi connectivity index (χ0) is 60.7. The summed E-state index contributed by atoms with van der Waals surface area (Å²) in [5, 5.41) is 21.8. The standard InChI is InChI=1S/C22H28Cl2N4O2.C21H26BrClN4O2.C21H27ClN4O2/c23-10-3-1-6-13-28-21-17-8-7-16(24)15-19(17)30-14-9-18(21)20(25-28)22(29)26-27-11-4-2-5-12-27;22-15-7-8-16-18(13-15)29-14-17-19(21(28)25-26-10-4-2-5-11-26)24-27(20(16)17)12-6-1-3-9-23;1-15-8-9-16-17(14-15)28-20-18(21(27)24-25-11-5-3-6-12-25)23-26(19(16)20)13-7-2-4-10-22/h7-8,15H,1-6,9-14H2,(H,26,29);7-8,13H,1-6,9-12,14H2,(H,25,28);8-9,14H,2-7,10-13H2,1H3,(H,24,27). The van der Waals surface area contributed by atoms with Gasteiger partial charge in [-0.3, -0.25) is 44.7 Å². The first kappa shape index (κ1) is 64.6. The zero-order valence-electron chi connectivity index (χ0n) is 49.9. The summed E-state index contributed by atoms with van der Waals surface area (Å²) in [4.78, 5) is 39.1. The molecule has 0 saturated carbocycles. The number of furan rings is 1. The van der Waals surface area contributed by atoms with E-state index in [2.05, 4.69) is 49.4 Å². The van der Waals surface area contributed by atoms with Crippen molar-refractivity contribution in [3.8, 4) is 34.0 Å². The van der Waals surface area contributed by atoms with E-state index in [9.17, 15) is 14.4 Å². The third-order valence-corrected chi connectivity index (χ3v) is 18.0. The van der Waals surface area contributed by atoms with Crippen LogP contribution >= 0.6 is 62.3 Å². The molecule has 0 bridgehead atoms. The molecule has 0 unspecified atom stereocenters. The summed E-state index contributed by atoms with van der Waals surface area (Å²) in [6.45, 7) is 10.4. The lowest BCUT2D eigenvalue weighted by atomic mass is 10.0. The predicted octanol–water partition coefficient (Wildman–Crippen LogP) is 14.1. The van der Waals surface area contributed by atoms with Crippen molar-refractivity contribution in [2.45, 2.75) is 155 Å². The number of hydrogen-bond donors (Lipinski definition) is 3. The van der Waals surface area contributed by atoms with E-state index in [1.807, 2.05) is 78.5 Å². The van der Waals surface area contributed by atoms with Gasteiger partial charge >= 0.3 is 0 Å². The van der Waals surface area contributed by atoms with Crippen LogP contribution in [-0.2, 0) is 32.7 Å². The number of nitrogens with one attached hydrogen (secondary N) is 3. The number of rotatable bonds is 21. The van der Waals surface area contributed by atoms with Crippen molar-refractivity contribution in [3.05, 3.63) is 97.9 Å². The van der Waals surface area contributed by atoms with Gasteiger partial charge in [-0.05, 0) is 138 Å². The van der Waals surface area contributed by atoms with E-state index in [1.54, 1.807) is 0 Å². The number of hydrazine groups is 3. The van der Waals surface area contributed by atoms with Gasteiger partial charge in [0.15, 0.2) is 22.7 Å². The average Bonchev–Trinajstić information content (AvgIpc) is 2.04. The van der Waals surface area contributed by atoms with E-state index >= 15 is 0 Å². The fourth-order valence-electron chi connectivity index (χ4n) is 12.0. The van der Waals surface area contributed by atoms with Gasteiger partial charge in [0.05, 0.1) is 18.0 Å². The molecule has 3 saturated heterocycles. The van der Waals surface area contributed by atoms with Crippen LogP contribution in [0.5, 0.6) is 11.5 Å². The van der Waals surface area contributed by atoms with Gasteiger partial charge in [-0.15, -0.1) is 34.8 Å². The number of carbonyl (C=O) groups excluding carboxylic acids is 3. The summed E-state index contributed by atoms with van der Waals surface area (Å²) in [5.41, 5.74) is 19.6. The lowest BCUT2D eigenvalue weighted by molar-refractivity contribution is 0.0735. The topological polar surface area (TPSA) is 182 Å². The summed E-state index contributed by atoms with van der Waals surface area (Å²) < 4.78 is 24.9. The summed E-state index contributed by atoms with van der Waals surface area (Å²) in [7, 11) is 0. The number of amides is 3. The number of piperidine rings is 3. The molecule has 3 N–H and O–H groups in total. The van der Waals surface area contributed by atoms with Crippen LogP contribution in [0.25, 0.3) is 44.6 Å². The van der Waals surface area contributed by atoms with Crippen molar-refractivity contribution >= 4 is 102 Å². The molecular formula is C64H81BrCl4N12O6. The molecule has 468 valence electrons. The lowest BCUT2D eigenvalue weighted by Gasteiger charge is -2.26. The van der Waals surface area contributed by atoms with Gasteiger partial charge in [0.25, 0.3) is 17.7 Å². The summed E-state index contributed by atoms with van der Waals surface area (Å²) in [5.74, 6) is 3.09. The van der Waals surface area contributed by atoms with Crippen LogP contribution in [0, 0.1) is 6.92 Å². The minimum Gasteiger partial charge on any atom is -0.492 e. The molecule has 18 nitrogen and oxygen atoms in total. The predicted molar refractivity (Wildman–Crippen MR) is 348 cm³/mol. The molecule has 5 aliphatic heterocycles. The highest BCUT2D eigenvalue weighted by Crippen LogP contribution is 2.42. The highest BCUT2D eigenvalue weighted by Gasteiger charge is 2.32. The molecule has 9 heterocycles. The zero-order valence-corrected chi connectivity index (χ0v) is 54.5. The van der Waals surface area contributed by atoms with E-state index in [0.29, 0.717) is 65.0 Å². The molecule has 87 heavy (non-hydrogen) atoms. The first-order chi connectivity index (χ1) is 42.5. The van der Waals surface area contributed by atoms with Gasteiger partial charge in [-0.1, -0.05) is 72.1 Å². The lowest BCUT2D eigenvalue weighted by Crippen LogP contribution is -2.45. The van der Waals surface area contributed by atoms with Crippen LogP contribution in [0.1, 0.15) is 164 Å². The van der Waals surface area contributed by atoms with Crippen LogP contribution in [0.3, 0.4) is 0 Å². The summed E-state index contributed by atoms with van der Waals surface area (Å²) in [6.07, 6.45) is 19.9. The number of fused-ring (bicyclic) bond motifs is 9. The van der Waals surface area contributed by atoms with Crippen molar-refractivity contribution in [1.82, 2.24) is 60.6 Å². The largest absolute Gasteiger partial charge is 0.492 e. The second-order valence-electron chi connectivity index (χ2n) is 23.0. The van der Waals surface area contributed by atoms with Gasteiger partial charge in [0.2, 0.25) is 0 Å². The molecule has 12 rings (SSSR count). The van der Waals surface area contributed by atoms with E-state index in [0.717, 1.165) is 227 Å². The third-order valence-electron chi connectivity index (χ3n) is 16.5. The smallest absolute Gasteiger partial charge is 0.289 e. The minimum atomic E-state index is -0.192. The van der Waals surface area contributed by atoms with Crippen LogP contribution in [0.15, 0.2) is 63.5 Å². The minimum absolute atomic E-state index is 0.134. The maximum Gasteiger partial charge on any atom is 0.289 e. The fraction of sp³-hybridized carbons (Fsp3) is 0.531. The first-order valence-electron chi connectivity index (χ1n) is 31.3. The van der Waals surface area contributed by atoms with E-state index in [-0.39, 0.29) is 17.7 Å². The fourth-order valence-corrected chi connectivity index (χ4v) is 13.1. The number of alkyl halides is 3. The number of unbranched alkanes of at least 4 members (excludes halogenated alkanes) is 6. The van der Waals surface area contributed by atoms with Crippen LogP contribution in [0.2, 0.25) is 5.02 Å². The van der Waals surface area contributed by atoms with Crippen molar-refractivity contribution < 1.29 is 28.3 Å². The van der Waals surface area contributed by atoms with Crippen molar-refractivity contribution in [3.63, 3.8) is 0 Å². The third kappa shape index (κ3) is 16.3. The second kappa shape index (κ2) is 31.9. The Morgan fingerprint density at radius 2 is 1.02 bits per heavy atom. The second-order valence-corrected chi connectivity index (χ2v) is 25.5. The van der Waals surface area contributed by atoms with Gasteiger partial charge < -0.3 is 13.9 Å². The Hall–Kier alpha value is -5.38. The Kier molecular flexibility index (Phi) is 23.7. The molecule has 3 fully saturated rings. The Morgan fingerprint density at radius 3 is 1.57 bits per heavy atom. The highest BCUT2D eigenvalue weighted by molar-refractivity contribution is 9.10. The van der Waals surface area contributed by atoms with Gasteiger partial charge in [-0.25, -0.2) is 15.0 Å². The number of nitrogens with zero attached hydrogens (tertiary/aromatic N) is 9. The monoisotopic (exact) mass is 1330 g/mol. The van der Waals surface area contributed by atoms with E-state index in [1.165, 1.54) is 19.3 Å². The molecule has 7 aromatic rings. The molecular weight excluding hydrogens is 1250 g/mol. The van der Waals surface area contributed by atoms with Gasteiger partial charge in [0.1, 0.15) is 29.2 Å². The molecule has 3 amide bonds. The number of benzene rings is 3. The van der Waals surface area contributed by atoms with Gasteiger partial charge in [0, 0.05) is 120 Å². The maximum atomic E-state index is 13.1. The maximum absolute atomic E-state index is 13.1. The Morgan fingerprint density at radius 1 is 0.540 bits per heavy atom. The van der Waals surface area contributed by atoms with Crippen molar-refractivity contribution in [2.75, 3.05) is 63.5 Å². The van der Waals surface area contributed by atoms with Crippen LogP contribution in [0.4, 0.5) is 0 Å². The Bertz CT molecular complexity index is 3460. The molecule has 5 aliphatic rings. The Labute approximate surface area is 538 Å².